The molecule has 1 N–H and O–H groups in total. The maximum Gasteiger partial charge on any atom is 0.291 e. The van der Waals surface area contributed by atoms with Crippen molar-refractivity contribution in [2.75, 3.05) is 5.32 Å². The summed E-state index contributed by atoms with van der Waals surface area (Å²) in [6, 6.07) is 19.1. The molecule has 0 bridgehead atoms. The van der Waals surface area contributed by atoms with Crippen LogP contribution in [0.4, 0.5) is 5.69 Å². The lowest BCUT2D eigenvalue weighted by Gasteiger charge is -2.19. The number of nitrogens with one attached hydrogen (secondary N) is 1. The molecule has 0 aliphatic heterocycles. The standard InChI is InChI=1S/C22H21NO3/c24-22(23-20-12-6-8-16-7-4-5-11-19(16)20)21-14-13-18(26-21)15-25-17-9-2-1-3-10-17/h1-3,6,8-10,12-14H,4-5,7,11,15H2,(H,23,24). The Hall–Kier alpha value is -3.01. The van der Waals surface area contributed by atoms with E-state index in [1.165, 1.54) is 24.0 Å². The zero-order chi connectivity index (χ0) is 17.8. The van der Waals surface area contributed by atoms with Crippen LogP contribution in [0, 0.1) is 0 Å². The Bertz CT molecular complexity index is 899. The molecule has 0 unspecified atom stereocenters. The molecule has 0 atom stereocenters. The summed E-state index contributed by atoms with van der Waals surface area (Å²) in [4.78, 5) is 12.5. The molecule has 1 heterocycles. The topological polar surface area (TPSA) is 51.5 Å². The van der Waals surface area contributed by atoms with Crippen molar-refractivity contribution < 1.29 is 13.9 Å². The van der Waals surface area contributed by atoms with E-state index in [0.717, 1.165) is 24.3 Å². The van der Waals surface area contributed by atoms with Crippen LogP contribution in [0.3, 0.4) is 0 Å². The Morgan fingerprint density at radius 2 is 1.81 bits per heavy atom. The highest BCUT2D eigenvalue weighted by Gasteiger charge is 2.17. The number of carbonyl (C=O) groups is 1. The summed E-state index contributed by atoms with van der Waals surface area (Å²) in [6.07, 6.45) is 4.48. The average molecular weight is 347 g/mol. The first-order valence-corrected chi connectivity index (χ1v) is 8.98. The van der Waals surface area contributed by atoms with Gasteiger partial charge in [-0.25, -0.2) is 0 Å². The largest absolute Gasteiger partial charge is 0.486 e. The molecule has 132 valence electrons. The third kappa shape index (κ3) is 3.64. The number of furan rings is 1. The van der Waals surface area contributed by atoms with Gasteiger partial charge in [0.15, 0.2) is 5.76 Å². The Morgan fingerprint density at radius 1 is 0.962 bits per heavy atom. The molecule has 1 aromatic heterocycles. The van der Waals surface area contributed by atoms with E-state index in [1.54, 1.807) is 12.1 Å². The molecular formula is C22H21NO3. The summed E-state index contributed by atoms with van der Waals surface area (Å²) in [5, 5.41) is 3.00. The predicted octanol–water partition coefficient (Wildman–Crippen LogP) is 4.99. The van der Waals surface area contributed by atoms with Gasteiger partial charge in [0.2, 0.25) is 0 Å². The fourth-order valence-electron chi connectivity index (χ4n) is 3.33. The third-order valence-corrected chi connectivity index (χ3v) is 4.65. The quantitative estimate of drug-likeness (QED) is 0.707. The van der Waals surface area contributed by atoms with Crippen molar-refractivity contribution in [3.05, 3.63) is 83.3 Å². The molecule has 1 aliphatic rings. The number of fused-ring (bicyclic) bond motifs is 1. The van der Waals surface area contributed by atoms with Crippen LogP contribution < -0.4 is 10.1 Å². The van der Waals surface area contributed by atoms with Crippen LogP contribution in [0.2, 0.25) is 0 Å². The molecular weight excluding hydrogens is 326 g/mol. The molecule has 4 heteroatoms. The molecule has 3 aromatic rings. The van der Waals surface area contributed by atoms with Crippen LogP contribution in [-0.4, -0.2) is 5.91 Å². The van der Waals surface area contributed by atoms with Crippen LogP contribution in [0.15, 0.2) is 65.1 Å². The Kier molecular flexibility index (Phi) is 4.73. The van der Waals surface area contributed by atoms with Gasteiger partial charge in [0.05, 0.1) is 0 Å². The van der Waals surface area contributed by atoms with E-state index >= 15 is 0 Å². The van der Waals surface area contributed by atoms with Crippen molar-refractivity contribution in [2.24, 2.45) is 0 Å². The zero-order valence-corrected chi connectivity index (χ0v) is 14.5. The van der Waals surface area contributed by atoms with Gasteiger partial charge in [-0.05, 0) is 67.1 Å². The van der Waals surface area contributed by atoms with E-state index in [1.807, 2.05) is 42.5 Å². The van der Waals surface area contributed by atoms with Crippen molar-refractivity contribution in [3.63, 3.8) is 0 Å². The van der Waals surface area contributed by atoms with Crippen molar-refractivity contribution in [1.82, 2.24) is 0 Å². The maximum atomic E-state index is 12.5. The minimum Gasteiger partial charge on any atom is -0.486 e. The van der Waals surface area contributed by atoms with Crippen molar-refractivity contribution in [3.8, 4) is 5.75 Å². The van der Waals surface area contributed by atoms with Crippen LogP contribution in [-0.2, 0) is 19.4 Å². The smallest absolute Gasteiger partial charge is 0.291 e. The number of benzene rings is 2. The van der Waals surface area contributed by atoms with Crippen molar-refractivity contribution in [2.45, 2.75) is 32.3 Å². The molecule has 1 amide bonds. The second-order valence-electron chi connectivity index (χ2n) is 6.47. The van der Waals surface area contributed by atoms with Gasteiger partial charge in [0.25, 0.3) is 5.91 Å². The summed E-state index contributed by atoms with van der Waals surface area (Å²) < 4.78 is 11.3. The molecule has 0 saturated carbocycles. The lowest BCUT2D eigenvalue weighted by Crippen LogP contribution is -2.14. The SMILES string of the molecule is O=C(Nc1cccc2c1CCCC2)c1ccc(COc2ccccc2)o1. The summed E-state index contributed by atoms with van der Waals surface area (Å²) in [5.41, 5.74) is 3.49. The van der Waals surface area contributed by atoms with Crippen LogP contribution in [0.1, 0.15) is 40.3 Å². The molecule has 1 aliphatic carbocycles. The fraction of sp³-hybridized carbons (Fsp3) is 0.227. The van der Waals surface area contributed by atoms with Gasteiger partial charge in [0.1, 0.15) is 18.1 Å². The van der Waals surface area contributed by atoms with E-state index in [4.69, 9.17) is 9.15 Å². The number of hydrogen-bond acceptors (Lipinski definition) is 3. The maximum absolute atomic E-state index is 12.5. The zero-order valence-electron chi connectivity index (χ0n) is 14.5. The van der Waals surface area contributed by atoms with Gasteiger partial charge < -0.3 is 14.5 Å². The first-order valence-electron chi connectivity index (χ1n) is 8.98. The first kappa shape index (κ1) is 16.5. The highest BCUT2D eigenvalue weighted by atomic mass is 16.5. The van der Waals surface area contributed by atoms with Gasteiger partial charge in [-0.1, -0.05) is 30.3 Å². The molecule has 2 aromatic carbocycles. The molecule has 4 rings (SSSR count). The number of para-hydroxylation sites is 1. The molecule has 26 heavy (non-hydrogen) atoms. The van der Waals surface area contributed by atoms with E-state index in [2.05, 4.69) is 11.4 Å². The Balaban J connectivity index is 1.42. The minimum atomic E-state index is -0.227. The van der Waals surface area contributed by atoms with E-state index in [0.29, 0.717) is 11.5 Å². The molecule has 0 spiro atoms. The van der Waals surface area contributed by atoms with Gasteiger partial charge in [-0.2, -0.15) is 0 Å². The molecule has 0 radical (unpaired) electrons. The minimum absolute atomic E-state index is 0.227. The highest BCUT2D eigenvalue weighted by molar-refractivity contribution is 6.02. The fourth-order valence-corrected chi connectivity index (χ4v) is 3.33. The lowest BCUT2D eigenvalue weighted by molar-refractivity contribution is 0.0992. The van der Waals surface area contributed by atoms with Gasteiger partial charge in [-0.3, -0.25) is 4.79 Å². The lowest BCUT2D eigenvalue weighted by atomic mass is 9.90. The van der Waals surface area contributed by atoms with Gasteiger partial charge in [-0.15, -0.1) is 0 Å². The number of ether oxygens (including phenoxy) is 1. The van der Waals surface area contributed by atoms with Gasteiger partial charge >= 0.3 is 0 Å². The number of amides is 1. The summed E-state index contributed by atoms with van der Waals surface area (Å²) >= 11 is 0. The second kappa shape index (κ2) is 7.48. The number of aryl methyl sites for hydroxylation is 1. The summed E-state index contributed by atoms with van der Waals surface area (Å²) in [6.45, 7) is 0.290. The predicted molar refractivity (Wildman–Crippen MR) is 101 cm³/mol. The van der Waals surface area contributed by atoms with Gasteiger partial charge in [0, 0.05) is 5.69 Å². The number of rotatable bonds is 5. The van der Waals surface area contributed by atoms with Crippen LogP contribution in [0.5, 0.6) is 5.75 Å². The van der Waals surface area contributed by atoms with Crippen molar-refractivity contribution in [1.29, 1.82) is 0 Å². The van der Waals surface area contributed by atoms with Crippen LogP contribution >= 0.6 is 0 Å². The number of carbonyl (C=O) groups excluding carboxylic acids is 1. The Morgan fingerprint density at radius 3 is 2.69 bits per heavy atom. The molecule has 0 fully saturated rings. The van der Waals surface area contributed by atoms with E-state index in [-0.39, 0.29) is 12.5 Å². The third-order valence-electron chi connectivity index (χ3n) is 4.65. The molecule has 4 nitrogen and oxygen atoms in total. The molecule has 0 saturated heterocycles. The van der Waals surface area contributed by atoms with Crippen LogP contribution in [0.25, 0.3) is 0 Å². The second-order valence-corrected chi connectivity index (χ2v) is 6.47. The number of hydrogen-bond donors (Lipinski definition) is 1. The average Bonchev–Trinajstić information content (AvgIpc) is 3.17. The van der Waals surface area contributed by atoms with E-state index in [9.17, 15) is 4.79 Å². The first-order chi connectivity index (χ1) is 12.8. The van der Waals surface area contributed by atoms with E-state index < -0.39 is 0 Å². The normalized spacial score (nSPS) is 13.1. The Labute approximate surface area is 152 Å². The summed E-state index contributed by atoms with van der Waals surface area (Å²) in [7, 11) is 0. The number of anilines is 1. The summed E-state index contributed by atoms with van der Waals surface area (Å²) in [5.74, 6) is 1.46. The monoisotopic (exact) mass is 347 g/mol. The van der Waals surface area contributed by atoms with Crippen molar-refractivity contribution >= 4 is 11.6 Å². The highest BCUT2D eigenvalue weighted by Crippen LogP contribution is 2.28.